The number of fused-ring (bicyclic) bond motifs is 1. The summed E-state index contributed by atoms with van der Waals surface area (Å²) in [5.74, 6) is 0.0472. The van der Waals surface area contributed by atoms with Crippen LogP contribution in [0.25, 0.3) is 11.0 Å². The highest BCUT2D eigenvalue weighted by Gasteiger charge is 2.08. The minimum Gasteiger partial charge on any atom is -0.355 e. The first-order valence-electron chi connectivity index (χ1n) is 6.80. The van der Waals surface area contributed by atoms with Crippen molar-refractivity contribution in [2.24, 2.45) is 0 Å². The number of nitrogens with one attached hydrogen (secondary N) is 1. The molecule has 0 saturated carbocycles. The molecule has 4 nitrogen and oxygen atoms in total. The number of aromatic nitrogens is 2. The van der Waals surface area contributed by atoms with Crippen LogP contribution in [0.3, 0.4) is 0 Å². The van der Waals surface area contributed by atoms with E-state index in [2.05, 4.69) is 43.2 Å². The van der Waals surface area contributed by atoms with E-state index in [-0.39, 0.29) is 5.91 Å². The van der Waals surface area contributed by atoms with Crippen molar-refractivity contribution in [2.45, 2.75) is 40.2 Å². The molecule has 0 saturated heterocycles. The summed E-state index contributed by atoms with van der Waals surface area (Å²) in [7, 11) is 0. The lowest BCUT2D eigenvalue weighted by molar-refractivity contribution is -0.121. The van der Waals surface area contributed by atoms with E-state index in [9.17, 15) is 4.79 Å². The van der Waals surface area contributed by atoms with Crippen molar-refractivity contribution < 1.29 is 4.79 Å². The van der Waals surface area contributed by atoms with E-state index in [4.69, 9.17) is 0 Å². The number of aryl methyl sites for hydroxylation is 2. The van der Waals surface area contributed by atoms with E-state index in [0.717, 1.165) is 30.4 Å². The van der Waals surface area contributed by atoms with E-state index < -0.39 is 0 Å². The second-order valence-corrected chi connectivity index (χ2v) is 5.00. The molecular formula is C15H21N3O. The van der Waals surface area contributed by atoms with E-state index in [1.807, 2.05) is 4.57 Å². The van der Waals surface area contributed by atoms with E-state index >= 15 is 0 Å². The van der Waals surface area contributed by atoms with Crippen LogP contribution in [0.5, 0.6) is 0 Å². The summed E-state index contributed by atoms with van der Waals surface area (Å²) in [5, 5.41) is 2.93. The molecule has 0 aliphatic rings. The summed E-state index contributed by atoms with van der Waals surface area (Å²) in [5.41, 5.74) is 4.42. The van der Waals surface area contributed by atoms with Crippen molar-refractivity contribution in [1.29, 1.82) is 0 Å². The summed E-state index contributed by atoms with van der Waals surface area (Å²) in [6.45, 7) is 7.35. The van der Waals surface area contributed by atoms with Gasteiger partial charge in [0, 0.05) is 6.54 Å². The van der Waals surface area contributed by atoms with Crippen LogP contribution in [-0.4, -0.2) is 22.0 Å². The maximum Gasteiger partial charge on any atom is 0.239 e. The van der Waals surface area contributed by atoms with Crippen molar-refractivity contribution in [2.75, 3.05) is 6.54 Å². The van der Waals surface area contributed by atoms with Crippen molar-refractivity contribution in [1.82, 2.24) is 14.9 Å². The van der Waals surface area contributed by atoms with Gasteiger partial charge in [-0.15, -0.1) is 0 Å². The van der Waals surface area contributed by atoms with Crippen molar-refractivity contribution in [3.63, 3.8) is 0 Å². The van der Waals surface area contributed by atoms with Gasteiger partial charge in [-0.1, -0.05) is 13.3 Å². The highest BCUT2D eigenvalue weighted by molar-refractivity contribution is 5.81. The lowest BCUT2D eigenvalue weighted by atomic mass is 10.1. The number of carbonyl (C=O) groups excluding carboxylic acids is 1. The lowest BCUT2D eigenvalue weighted by Crippen LogP contribution is -2.28. The number of rotatable bonds is 5. The number of amides is 1. The zero-order valence-electron chi connectivity index (χ0n) is 11.9. The van der Waals surface area contributed by atoms with Crippen LogP contribution >= 0.6 is 0 Å². The van der Waals surface area contributed by atoms with Gasteiger partial charge in [0.1, 0.15) is 6.54 Å². The van der Waals surface area contributed by atoms with Crippen LogP contribution < -0.4 is 5.32 Å². The lowest BCUT2D eigenvalue weighted by Gasteiger charge is -2.07. The highest BCUT2D eigenvalue weighted by atomic mass is 16.1. The largest absolute Gasteiger partial charge is 0.355 e. The molecule has 1 amide bonds. The SMILES string of the molecule is CCCCNC(=O)Cn1cnc2cc(C)c(C)cc21. The predicted molar refractivity (Wildman–Crippen MR) is 77.1 cm³/mol. The molecule has 1 aromatic heterocycles. The predicted octanol–water partition coefficient (Wildman–Crippen LogP) is 2.57. The quantitative estimate of drug-likeness (QED) is 0.839. The van der Waals surface area contributed by atoms with Gasteiger partial charge in [0.2, 0.25) is 5.91 Å². The Balaban J connectivity index is 2.13. The first-order chi connectivity index (χ1) is 9.11. The maximum atomic E-state index is 11.8. The van der Waals surface area contributed by atoms with Gasteiger partial charge >= 0.3 is 0 Å². The van der Waals surface area contributed by atoms with Gasteiger partial charge in [0.05, 0.1) is 17.4 Å². The van der Waals surface area contributed by atoms with Crippen LogP contribution in [0.1, 0.15) is 30.9 Å². The molecule has 1 aromatic carbocycles. The molecule has 0 aliphatic carbocycles. The standard InChI is InChI=1S/C15H21N3O/c1-4-5-6-16-15(19)9-18-10-17-13-7-11(2)12(3)8-14(13)18/h7-8,10H,4-6,9H2,1-3H3,(H,16,19). The van der Waals surface area contributed by atoms with E-state index in [0.29, 0.717) is 6.54 Å². The Hall–Kier alpha value is -1.84. The van der Waals surface area contributed by atoms with Crippen molar-refractivity contribution in [3.8, 4) is 0 Å². The Kier molecular flexibility index (Phi) is 4.20. The summed E-state index contributed by atoms with van der Waals surface area (Å²) < 4.78 is 1.91. The second kappa shape index (κ2) is 5.87. The smallest absolute Gasteiger partial charge is 0.239 e. The molecule has 102 valence electrons. The van der Waals surface area contributed by atoms with E-state index in [1.54, 1.807) is 6.33 Å². The highest BCUT2D eigenvalue weighted by Crippen LogP contribution is 2.18. The first kappa shape index (κ1) is 13.6. The Labute approximate surface area is 113 Å². The molecule has 0 spiro atoms. The summed E-state index contributed by atoms with van der Waals surface area (Å²) >= 11 is 0. The summed E-state index contributed by atoms with van der Waals surface area (Å²) in [4.78, 5) is 16.2. The zero-order valence-corrected chi connectivity index (χ0v) is 11.9. The number of imidazole rings is 1. The van der Waals surface area contributed by atoms with Crippen molar-refractivity contribution in [3.05, 3.63) is 29.6 Å². The number of hydrogen-bond acceptors (Lipinski definition) is 2. The van der Waals surface area contributed by atoms with Crippen LogP contribution in [0, 0.1) is 13.8 Å². The average Bonchev–Trinajstić information content (AvgIpc) is 2.73. The summed E-state index contributed by atoms with van der Waals surface area (Å²) in [6, 6.07) is 4.16. The Morgan fingerprint density at radius 1 is 1.32 bits per heavy atom. The fraction of sp³-hybridized carbons (Fsp3) is 0.467. The Morgan fingerprint density at radius 3 is 2.79 bits per heavy atom. The van der Waals surface area contributed by atoms with Crippen LogP contribution in [0.2, 0.25) is 0 Å². The molecule has 2 aromatic rings. The third kappa shape index (κ3) is 3.13. The molecule has 0 atom stereocenters. The Morgan fingerprint density at radius 2 is 2.05 bits per heavy atom. The molecule has 0 radical (unpaired) electrons. The molecular weight excluding hydrogens is 238 g/mol. The van der Waals surface area contributed by atoms with Gasteiger partial charge in [-0.05, 0) is 43.5 Å². The van der Waals surface area contributed by atoms with Gasteiger partial charge in [-0.3, -0.25) is 4.79 Å². The summed E-state index contributed by atoms with van der Waals surface area (Å²) in [6.07, 6.45) is 3.85. The molecule has 0 bridgehead atoms. The average molecular weight is 259 g/mol. The van der Waals surface area contributed by atoms with Gasteiger partial charge in [0.15, 0.2) is 0 Å². The molecule has 4 heteroatoms. The number of carbonyl (C=O) groups is 1. The van der Waals surface area contributed by atoms with Crippen LogP contribution in [0.15, 0.2) is 18.5 Å². The number of unbranched alkanes of at least 4 members (excludes halogenated alkanes) is 1. The zero-order chi connectivity index (χ0) is 13.8. The molecule has 0 fully saturated rings. The topological polar surface area (TPSA) is 46.9 Å². The first-order valence-corrected chi connectivity index (χ1v) is 6.80. The van der Waals surface area contributed by atoms with Gasteiger partial charge in [0.25, 0.3) is 0 Å². The van der Waals surface area contributed by atoms with Crippen LogP contribution in [0.4, 0.5) is 0 Å². The number of benzene rings is 1. The minimum atomic E-state index is 0.0472. The second-order valence-electron chi connectivity index (χ2n) is 5.00. The maximum absolute atomic E-state index is 11.8. The molecule has 0 unspecified atom stereocenters. The molecule has 2 rings (SSSR count). The van der Waals surface area contributed by atoms with Gasteiger partial charge < -0.3 is 9.88 Å². The number of hydrogen-bond donors (Lipinski definition) is 1. The molecule has 19 heavy (non-hydrogen) atoms. The third-order valence-electron chi connectivity index (χ3n) is 3.40. The fourth-order valence-electron chi connectivity index (χ4n) is 2.05. The van der Waals surface area contributed by atoms with Crippen LogP contribution in [-0.2, 0) is 11.3 Å². The third-order valence-corrected chi connectivity index (χ3v) is 3.40. The molecule has 1 N–H and O–H groups in total. The fourth-order valence-corrected chi connectivity index (χ4v) is 2.05. The minimum absolute atomic E-state index is 0.0472. The number of nitrogens with zero attached hydrogens (tertiary/aromatic N) is 2. The van der Waals surface area contributed by atoms with E-state index in [1.165, 1.54) is 11.1 Å². The molecule has 0 aliphatic heterocycles. The Bertz CT molecular complexity index is 586. The normalized spacial score (nSPS) is 10.9. The van der Waals surface area contributed by atoms with Gasteiger partial charge in [-0.25, -0.2) is 4.98 Å². The van der Waals surface area contributed by atoms with Gasteiger partial charge in [-0.2, -0.15) is 0 Å². The monoisotopic (exact) mass is 259 g/mol. The van der Waals surface area contributed by atoms with Crippen molar-refractivity contribution >= 4 is 16.9 Å². The molecule has 1 heterocycles.